The van der Waals surface area contributed by atoms with Crippen LogP contribution >= 0.6 is 0 Å². The van der Waals surface area contributed by atoms with Gasteiger partial charge in [0.1, 0.15) is 5.69 Å². The summed E-state index contributed by atoms with van der Waals surface area (Å²) in [6.07, 6.45) is 0. The van der Waals surface area contributed by atoms with Crippen LogP contribution in [0.1, 0.15) is 49.5 Å². The molecule has 1 N–H and O–H groups in total. The Labute approximate surface area is 161 Å². The molecule has 0 unspecified atom stereocenters. The number of ether oxygens (including phenoxy) is 2. The fraction of sp³-hybridized carbons (Fsp3) is 0.238. The number of Topliss-reactive ketones (excluding diaryl/α,β-unsaturated/α-hetero) is 1. The summed E-state index contributed by atoms with van der Waals surface area (Å²) >= 11 is 0. The van der Waals surface area contributed by atoms with Crippen molar-refractivity contribution in [2.45, 2.75) is 20.8 Å². The Morgan fingerprint density at radius 3 is 2.50 bits per heavy atom. The van der Waals surface area contributed by atoms with E-state index in [0.717, 1.165) is 5.39 Å². The lowest BCUT2D eigenvalue weighted by Gasteiger charge is -2.05. The summed E-state index contributed by atoms with van der Waals surface area (Å²) in [4.78, 5) is 43.9. The number of hydrogen-bond acceptors (Lipinski definition) is 6. The Morgan fingerprint density at radius 2 is 1.75 bits per heavy atom. The average Bonchev–Trinajstić information content (AvgIpc) is 2.99. The molecular formula is C21H20N2O5. The third-order valence-corrected chi connectivity index (χ3v) is 4.34. The Bertz CT molecular complexity index is 1070. The second kappa shape index (κ2) is 8.04. The number of aromatic amines is 1. The molecule has 0 saturated carbocycles. The van der Waals surface area contributed by atoms with Gasteiger partial charge in [-0.15, -0.1) is 0 Å². The van der Waals surface area contributed by atoms with Crippen molar-refractivity contribution < 1.29 is 23.9 Å². The predicted molar refractivity (Wildman–Crippen MR) is 103 cm³/mol. The number of H-pyrrole nitrogens is 1. The quantitative estimate of drug-likeness (QED) is 0.520. The van der Waals surface area contributed by atoms with Crippen LogP contribution in [0, 0.1) is 13.8 Å². The molecule has 28 heavy (non-hydrogen) atoms. The number of benzene rings is 1. The molecule has 0 radical (unpaired) electrons. The molecule has 2 aromatic heterocycles. The van der Waals surface area contributed by atoms with Gasteiger partial charge in [0.25, 0.3) is 0 Å². The molecule has 0 saturated heterocycles. The van der Waals surface area contributed by atoms with Crippen LogP contribution in [0.2, 0.25) is 0 Å². The minimum atomic E-state index is -0.689. The molecule has 7 nitrogen and oxygen atoms in total. The molecule has 7 heteroatoms. The molecule has 0 atom stereocenters. The third-order valence-electron chi connectivity index (χ3n) is 4.34. The molecule has 0 bridgehead atoms. The third kappa shape index (κ3) is 3.78. The van der Waals surface area contributed by atoms with Crippen LogP contribution in [0.3, 0.4) is 0 Å². The Balaban J connectivity index is 1.72. The number of hydrogen-bond donors (Lipinski definition) is 1. The monoisotopic (exact) mass is 380 g/mol. The number of fused-ring (bicyclic) bond motifs is 1. The molecule has 0 amide bonds. The summed E-state index contributed by atoms with van der Waals surface area (Å²) in [5.74, 6) is -1.62. The average molecular weight is 380 g/mol. The largest absolute Gasteiger partial charge is 0.462 e. The summed E-state index contributed by atoms with van der Waals surface area (Å²) in [5, 5.41) is 0.902. The van der Waals surface area contributed by atoms with Crippen molar-refractivity contribution >= 4 is 28.6 Å². The zero-order valence-corrected chi connectivity index (χ0v) is 15.9. The maximum Gasteiger partial charge on any atom is 0.357 e. The first-order valence-corrected chi connectivity index (χ1v) is 8.84. The van der Waals surface area contributed by atoms with Crippen LogP contribution in [-0.2, 0) is 9.47 Å². The number of pyridine rings is 1. The van der Waals surface area contributed by atoms with Gasteiger partial charge in [0.2, 0.25) is 5.78 Å². The molecular weight excluding hydrogens is 360 g/mol. The highest BCUT2D eigenvalue weighted by molar-refractivity contribution is 6.03. The number of rotatable bonds is 6. The van der Waals surface area contributed by atoms with Gasteiger partial charge >= 0.3 is 11.9 Å². The molecule has 3 aromatic rings. The number of ketones is 1. The molecule has 0 aliphatic heterocycles. The topological polar surface area (TPSA) is 98.4 Å². The van der Waals surface area contributed by atoms with Crippen molar-refractivity contribution in [3.8, 4) is 0 Å². The van der Waals surface area contributed by atoms with Crippen molar-refractivity contribution in [1.82, 2.24) is 9.97 Å². The van der Waals surface area contributed by atoms with Crippen molar-refractivity contribution in [1.29, 1.82) is 0 Å². The number of carbonyl (C=O) groups is 3. The summed E-state index contributed by atoms with van der Waals surface area (Å²) in [6.45, 7) is 4.82. The van der Waals surface area contributed by atoms with Crippen LogP contribution in [0.5, 0.6) is 0 Å². The first-order chi connectivity index (χ1) is 13.4. The molecule has 0 fully saturated rings. The Kier molecular flexibility index (Phi) is 5.54. The highest BCUT2D eigenvalue weighted by atomic mass is 16.5. The molecule has 0 spiro atoms. The zero-order valence-electron chi connectivity index (χ0n) is 15.9. The van der Waals surface area contributed by atoms with Crippen molar-refractivity contribution in [3.05, 3.63) is 64.6 Å². The van der Waals surface area contributed by atoms with Gasteiger partial charge in [-0.05, 0) is 38.5 Å². The fourth-order valence-corrected chi connectivity index (χ4v) is 3.00. The van der Waals surface area contributed by atoms with E-state index < -0.39 is 24.3 Å². The molecule has 3 rings (SSSR count). The van der Waals surface area contributed by atoms with Crippen LogP contribution in [-0.4, -0.2) is 40.9 Å². The van der Waals surface area contributed by atoms with Crippen LogP contribution in [0.4, 0.5) is 0 Å². The minimum Gasteiger partial charge on any atom is -0.462 e. The van der Waals surface area contributed by atoms with Gasteiger partial charge in [0.05, 0.1) is 23.4 Å². The number of aromatic nitrogens is 2. The Hall–Kier alpha value is -3.48. The van der Waals surface area contributed by atoms with Crippen LogP contribution < -0.4 is 0 Å². The molecule has 0 aliphatic rings. The SMILES string of the molecule is CCOC(=O)c1c(C)[nH]c(C(=O)COC(=O)c2ccc3ccccc3n2)c1C. The van der Waals surface area contributed by atoms with E-state index in [4.69, 9.17) is 9.47 Å². The normalized spacial score (nSPS) is 10.7. The highest BCUT2D eigenvalue weighted by Crippen LogP contribution is 2.20. The van der Waals surface area contributed by atoms with E-state index >= 15 is 0 Å². The smallest absolute Gasteiger partial charge is 0.357 e. The number of para-hydroxylation sites is 1. The Morgan fingerprint density at radius 1 is 1.00 bits per heavy atom. The summed E-state index contributed by atoms with van der Waals surface area (Å²) in [6, 6.07) is 10.7. The molecule has 1 aromatic carbocycles. The van der Waals surface area contributed by atoms with Crippen molar-refractivity contribution in [2.75, 3.05) is 13.2 Å². The zero-order chi connectivity index (χ0) is 20.3. The van der Waals surface area contributed by atoms with Crippen molar-refractivity contribution in [2.24, 2.45) is 0 Å². The highest BCUT2D eigenvalue weighted by Gasteiger charge is 2.23. The van der Waals surface area contributed by atoms with Gasteiger partial charge in [0, 0.05) is 11.1 Å². The lowest BCUT2D eigenvalue weighted by Crippen LogP contribution is -2.16. The second-order valence-corrected chi connectivity index (χ2v) is 6.23. The van der Waals surface area contributed by atoms with E-state index in [1.165, 1.54) is 0 Å². The first-order valence-electron chi connectivity index (χ1n) is 8.84. The van der Waals surface area contributed by atoms with Gasteiger partial charge in [-0.2, -0.15) is 0 Å². The summed E-state index contributed by atoms with van der Waals surface area (Å²) in [5.41, 5.74) is 2.34. The second-order valence-electron chi connectivity index (χ2n) is 6.23. The molecule has 0 aliphatic carbocycles. The number of esters is 2. The molecule has 2 heterocycles. The van der Waals surface area contributed by atoms with E-state index in [2.05, 4.69) is 9.97 Å². The van der Waals surface area contributed by atoms with Gasteiger partial charge < -0.3 is 14.5 Å². The number of nitrogens with zero attached hydrogens (tertiary/aromatic N) is 1. The molecule has 144 valence electrons. The minimum absolute atomic E-state index is 0.123. The number of aryl methyl sites for hydroxylation is 1. The van der Waals surface area contributed by atoms with Gasteiger partial charge in [-0.1, -0.05) is 24.3 Å². The van der Waals surface area contributed by atoms with E-state index in [9.17, 15) is 14.4 Å². The van der Waals surface area contributed by atoms with E-state index in [0.29, 0.717) is 22.3 Å². The standard InChI is InChI=1S/C21H20N2O5/c1-4-27-21(26)18-12(2)19(22-13(18)3)17(24)11-28-20(25)16-10-9-14-7-5-6-8-15(14)23-16/h5-10,22H,4,11H2,1-3H3. The van der Waals surface area contributed by atoms with Crippen LogP contribution in [0.15, 0.2) is 36.4 Å². The summed E-state index contributed by atoms with van der Waals surface area (Å²) < 4.78 is 10.1. The van der Waals surface area contributed by atoms with E-state index in [1.54, 1.807) is 39.0 Å². The summed E-state index contributed by atoms with van der Waals surface area (Å²) in [7, 11) is 0. The van der Waals surface area contributed by atoms with Crippen LogP contribution in [0.25, 0.3) is 10.9 Å². The lowest BCUT2D eigenvalue weighted by atomic mass is 10.1. The maximum atomic E-state index is 12.5. The predicted octanol–water partition coefficient (Wildman–Crippen LogP) is 3.40. The first kappa shape index (κ1) is 19.3. The number of carbonyl (C=O) groups excluding carboxylic acids is 3. The maximum absolute atomic E-state index is 12.5. The lowest BCUT2D eigenvalue weighted by molar-refractivity contribution is 0.0467. The van der Waals surface area contributed by atoms with Gasteiger partial charge in [-0.25, -0.2) is 14.6 Å². The van der Waals surface area contributed by atoms with Gasteiger partial charge in [-0.3, -0.25) is 4.79 Å². The van der Waals surface area contributed by atoms with E-state index in [1.807, 2.05) is 18.2 Å². The fourth-order valence-electron chi connectivity index (χ4n) is 3.00. The van der Waals surface area contributed by atoms with E-state index in [-0.39, 0.29) is 18.0 Å². The number of nitrogens with one attached hydrogen (secondary N) is 1. The van der Waals surface area contributed by atoms with Crippen molar-refractivity contribution in [3.63, 3.8) is 0 Å². The van der Waals surface area contributed by atoms with Gasteiger partial charge in [0.15, 0.2) is 6.61 Å².